The third-order valence-electron chi connectivity index (χ3n) is 4.24. The van der Waals surface area contributed by atoms with Gasteiger partial charge in [0.25, 0.3) is 0 Å². The van der Waals surface area contributed by atoms with Gasteiger partial charge >= 0.3 is 5.97 Å². The van der Waals surface area contributed by atoms with Crippen LogP contribution in [0.1, 0.15) is 32.6 Å². The van der Waals surface area contributed by atoms with Crippen LogP contribution in [-0.4, -0.2) is 36.8 Å². The highest BCUT2D eigenvalue weighted by atomic mass is 16.5. The fourth-order valence-corrected chi connectivity index (χ4v) is 2.97. The van der Waals surface area contributed by atoms with Gasteiger partial charge in [-0.25, -0.2) is 0 Å². The molecule has 0 unspecified atom stereocenters. The molecule has 6 heteroatoms. The number of carboxylic acids is 1. The fourth-order valence-electron chi connectivity index (χ4n) is 2.97. The Morgan fingerprint density at radius 2 is 1.79 bits per heavy atom. The molecule has 0 radical (unpaired) electrons. The molecule has 132 valence electrons. The van der Waals surface area contributed by atoms with Crippen molar-refractivity contribution in [3.8, 4) is 5.75 Å². The van der Waals surface area contributed by atoms with Gasteiger partial charge in [0.1, 0.15) is 12.4 Å². The van der Waals surface area contributed by atoms with Gasteiger partial charge in [0.05, 0.1) is 18.4 Å². The number of ether oxygens (including phenoxy) is 2. The summed E-state index contributed by atoms with van der Waals surface area (Å²) in [6, 6.07) is 7.06. The van der Waals surface area contributed by atoms with Crippen molar-refractivity contribution in [3.63, 3.8) is 0 Å². The molecule has 1 aromatic rings. The fraction of sp³-hybridized carbons (Fsp3) is 0.556. The first kappa shape index (κ1) is 18.3. The SMILES string of the molecule is CCOCCOc1ccc(NC(=O)[C@@H]2CCCC[C@@H]2C(=O)O)cc1. The quantitative estimate of drug-likeness (QED) is 0.714. The molecule has 0 heterocycles. The van der Waals surface area contributed by atoms with Gasteiger partial charge in [-0.3, -0.25) is 9.59 Å². The lowest BCUT2D eigenvalue weighted by atomic mass is 9.78. The highest BCUT2D eigenvalue weighted by Crippen LogP contribution is 2.31. The average Bonchev–Trinajstić information content (AvgIpc) is 2.60. The van der Waals surface area contributed by atoms with Crippen LogP contribution in [0.4, 0.5) is 5.69 Å². The zero-order chi connectivity index (χ0) is 17.4. The topological polar surface area (TPSA) is 84.9 Å². The van der Waals surface area contributed by atoms with Crippen LogP contribution in [0, 0.1) is 11.8 Å². The van der Waals surface area contributed by atoms with E-state index >= 15 is 0 Å². The van der Waals surface area contributed by atoms with Crippen LogP contribution in [0.5, 0.6) is 5.75 Å². The monoisotopic (exact) mass is 335 g/mol. The molecule has 0 aromatic heterocycles. The second kappa shape index (κ2) is 9.27. The van der Waals surface area contributed by atoms with Gasteiger partial charge in [0.15, 0.2) is 0 Å². The minimum absolute atomic E-state index is 0.216. The van der Waals surface area contributed by atoms with Crippen LogP contribution < -0.4 is 10.1 Å². The van der Waals surface area contributed by atoms with Crippen LogP contribution in [0.2, 0.25) is 0 Å². The van der Waals surface area contributed by atoms with Crippen LogP contribution >= 0.6 is 0 Å². The zero-order valence-corrected chi connectivity index (χ0v) is 14.0. The van der Waals surface area contributed by atoms with E-state index in [2.05, 4.69) is 5.32 Å². The maximum Gasteiger partial charge on any atom is 0.307 e. The van der Waals surface area contributed by atoms with Gasteiger partial charge in [-0.15, -0.1) is 0 Å². The van der Waals surface area contributed by atoms with E-state index in [1.54, 1.807) is 24.3 Å². The van der Waals surface area contributed by atoms with Crippen molar-refractivity contribution in [2.75, 3.05) is 25.1 Å². The number of aliphatic carboxylic acids is 1. The van der Waals surface area contributed by atoms with Crippen LogP contribution in [-0.2, 0) is 14.3 Å². The molecule has 1 saturated carbocycles. The minimum Gasteiger partial charge on any atom is -0.491 e. The summed E-state index contributed by atoms with van der Waals surface area (Å²) in [5.41, 5.74) is 0.645. The molecule has 2 atom stereocenters. The number of amides is 1. The number of rotatable bonds is 8. The highest BCUT2D eigenvalue weighted by molar-refractivity contribution is 5.95. The number of carbonyl (C=O) groups excluding carboxylic acids is 1. The summed E-state index contributed by atoms with van der Waals surface area (Å²) in [5, 5.41) is 12.1. The largest absolute Gasteiger partial charge is 0.491 e. The van der Waals surface area contributed by atoms with E-state index in [-0.39, 0.29) is 5.91 Å². The molecule has 2 N–H and O–H groups in total. The Morgan fingerprint density at radius 1 is 1.12 bits per heavy atom. The second-order valence-corrected chi connectivity index (χ2v) is 5.89. The first-order valence-electron chi connectivity index (χ1n) is 8.46. The Morgan fingerprint density at radius 3 is 2.42 bits per heavy atom. The second-order valence-electron chi connectivity index (χ2n) is 5.89. The molecule has 1 aromatic carbocycles. The van der Waals surface area contributed by atoms with E-state index in [9.17, 15) is 14.7 Å². The van der Waals surface area contributed by atoms with Crippen molar-refractivity contribution in [2.45, 2.75) is 32.6 Å². The Labute approximate surface area is 142 Å². The standard InChI is InChI=1S/C18H25NO5/c1-2-23-11-12-24-14-9-7-13(8-10-14)19-17(20)15-5-3-4-6-16(15)18(21)22/h7-10,15-16H,2-6,11-12H2,1H3,(H,19,20)(H,21,22)/t15-,16+/m1/s1. The lowest BCUT2D eigenvalue weighted by molar-refractivity contribution is -0.147. The molecule has 6 nitrogen and oxygen atoms in total. The molecule has 1 amide bonds. The highest BCUT2D eigenvalue weighted by Gasteiger charge is 2.35. The Kier molecular flexibility index (Phi) is 7.06. The van der Waals surface area contributed by atoms with Crippen molar-refractivity contribution in [1.82, 2.24) is 0 Å². The van der Waals surface area contributed by atoms with Gasteiger partial charge in [-0.05, 0) is 44.0 Å². The Balaban J connectivity index is 1.88. The molecule has 0 spiro atoms. The van der Waals surface area contributed by atoms with Gasteiger partial charge < -0.3 is 19.9 Å². The van der Waals surface area contributed by atoms with Gasteiger partial charge in [-0.1, -0.05) is 12.8 Å². The molecule has 24 heavy (non-hydrogen) atoms. The van der Waals surface area contributed by atoms with Gasteiger partial charge in [0.2, 0.25) is 5.91 Å². The lowest BCUT2D eigenvalue weighted by Gasteiger charge is -2.27. The first-order chi connectivity index (χ1) is 11.6. The smallest absolute Gasteiger partial charge is 0.307 e. The molecule has 2 rings (SSSR count). The van der Waals surface area contributed by atoms with E-state index in [1.807, 2.05) is 6.92 Å². The molecule has 0 bridgehead atoms. The number of hydrogen-bond acceptors (Lipinski definition) is 4. The third-order valence-corrected chi connectivity index (χ3v) is 4.24. The van der Waals surface area contributed by atoms with Crippen LogP contribution in [0.15, 0.2) is 24.3 Å². The number of nitrogens with one attached hydrogen (secondary N) is 1. The summed E-state index contributed by atoms with van der Waals surface area (Å²) in [6.07, 6.45) is 2.96. The molecule has 0 saturated heterocycles. The van der Waals surface area contributed by atoms with E-state index < -0.39 is 17.8 Å². The normalized spacial score (nSPS) is 20.4. The number of carboxylic acid groups (broad SMARTS) is 1. The summed E-state index contributed by atoms with van der Waals surface area (Å²) < 4.78 is 10.7. The van der Waals surface area contributed by atoms with E-state index in [0.717, 1.165) is 12.8 Å². The molecule has 1 aliphatic rings. The van der Waals surface area contributed by atoms with Gasteiger partial charge in [-0.2, -0.15) is 0 Å². The Hall–Kier alpha value is -2.08. The van der Waals surface area contributed by atoms with Crippen molar-refractivity contribution < 1.29 is 24.2 Å². The summed E-state index contributed by atoms with van der Waals surface area (Å²) in [5.74, 6) is -1.44. The summed E-state index contributed by atoms with van der Waals surface area (Å²) >= 11 is 0. The first-order valence-corrected chi connectivity index (χ1v) is 8.46. The summed E-state index contributed by atoms with van der Waals surface area (Å²) in [4.78, 5) is 23.7. The predicted molar refractivity (Wildman–Crippen MR) is 90.1 cm³/mol. The predicted octanol–water partition coefficient (Wildman–Crippen LogP) is 2.93. The third kappa shape index (κ3) is 5.23. The van der Waals surface area contributed by atoms with Crippen molar-refractivity contribution in [3.05, 3.63) is 24.3 Å². The maximum absolute atomic E-state index is 12.4. The van der Waals surface area contributed by atoms with E-state index in [4.69, 9.17) is 9.47 Å². The number of benzene rings is 1. The van der Waals surface area contributed by atoms with Crippen molar-refractivity contribution in [2.24, 2.45) is 11.8 Å². The van der Waals surface area contributed by atoms with Crippen molar-refractivity contribution in [1.29, 1.82) is 0 Å². The number of anilines is 1. The van der Waals surface area contributed by atoms with Crippen LogP contribution in [0.3, 0.4) is 0 Å². The summed E-state index contributed by atoms with van der Waals surface area (Å²) in [6.45, 7) is 3.60. The van der Waals surface area contributed by atoms with E-state index in [1.165, 1.54) is 0 Å². The maximum atomic E-state index is 12.4. The molecule has 1 aliphatic carbocycles. The average molecular weight is 335 g/mol. The number of carbonyl (C=O) groups is 2. The van der Waals surface area contributed by atoms with Crippen LogP contribution in [0.25, 0.3) is 0 Å². The minimum atomic E-state index is -0.882. The van der Waals surface area contributed by atoms with Gasteiger partial charge in [0, 0.05) is 12.3 Å². The summed E-state index contributed by atoms with van der Waals surface area (Å²) in [7, 11) is 0. The zero-order valence-electron chi connectivity index (χ0n) is 14.0. The molecular weight excluding hydrogens is 310 g/mol. The van der Waals surface area contributed by atoms with Crippen molar-refractivity contribution >= 4 is 17.6 Å². The lowest BCUT2D eigenvalue weighted by Crippen LogP contribution is -2.36. The van der Waals surface area contributed by atoms with E-state index in [0.29, 0.717) is 44.1 Å². The molecule has 1 fully saturated rings. The Bertz CT molecular complexity index is 543. The molecular formula is C18H25NO5. The number of hydrogen-bond donors (Lipinski definition) is 2. The molecule has 0 aliphatic heterocycles.